The molecule has 84 valence electrons. The minimum Gasteiger partial charge on any atom is -0.395 e. The molecule has 3 nitrogen and oxygen atoms in total. The van der Waals surface area contributed by atoms with Crippen LogP contribution in [0.5, 0.6) is 0 Å². The number of hydrogen-bond acceptors (Lipinski definition) is 2. The number of rotatable bonds is 2. The highest BCUT2D eigenvalue weighted by Gasteiger charge is 1.99. The van der Waals surface area contributed by atoms with Crippen molar-refractivity contribution in [2.75, 3.05) is 11.9 Å². The van der Waals surface area contributed by atoms with Crippen LogP contribution in [0, 0.1) is 18.8 Å². The fourth-order valence-corrected chi connectivity index (χ4v) is 1.29. The fraction of sp³-hybridized carbons (Fsp3) is 0.308. The van der Waals surface area contributed by atoms with Gasteiger partial charge in [-0.1, -0.05) is 11.8 Å². The van der Waals surface area contributed by atoms with E-state index in [1.54, 1.807) is 0 Å². The van der Waals surface area contributed by atoms with Crippen molar-refractivity contribution in [1.82, 2.24) is 0 Å². The summed E-state index contributed by atoms with van der Waals surface area (Å²) in [5.74, 6) is 5.71. The number of amides is 1. The van der Waals surface area contributed by atoms with Gasteiger partial charge in [0.25, 0.3) is 0 Å². The van der Waals surface area contributed by atoms with E-state index in [1.807, 2.05) is 25.1 Å². The molecule has 0 aromatic heterocycles. The Labute approximate surface area is 95.5 Å². The first-order valence-corrected chi connectivity index (χ1v) is 5.11. The van der Waals surface area contributed by atoms with Crippen molar-refractivity contribution in [2.45, 2.75) is 20.3 Å². The van der Waals surface area contributed by atoms with Gasteiger partial charge in [0.15, 0.2) is 0 Å². The Morgan fingerprint density at radius 3 is 2.81 bits per heavy atom. The summed E-state index contributed by atoms with van der Waals surface area (Å²) in [6.45, 7) is 3.48. The number of nitrogens with one attached hydrogen (secondary N) is 1. The second-order valence-electron chi connectivity index (χ2n) is 3.49. The van der Waals surface area contributed by atoms with E-state index in [1.165, 1.54) is 6.92 Å². The van der Waals surface area contributed by atoms with Gasteiger partial charge in [-0.25, -0.2) is 0 Å². The first-order chi connectivity index (χ1) is 7.63. The molecule has 0 aliphatic carbocycles. The molecule has 0 saturated carbocycles. The molecule has 1 amide bonds. The highest BCUT2D eigenvalue weighted by atomic mass is 16.2. The Bertz CT molecular complexity index is 441. The minimum absolute atomic E-state index is 0.0793. The maximum Gasteiger partial charge on any atom is 0.221 e. The van der Waals surface area contributed by atoms with E-state index in [0.29, 0.717) is 6.42 Å². The number of benzene rings is 1. The smallest absolute Gasteiger partial charge is 0.221 e. The number of aliphatic hydroxyl groups is 1. The van der Waals surface area contributed by atoms with Crippen molar-refractivity contribution < 1.29 is 9.90 Å². The predicted molar refractivity (Wildman–Crippen MR) is 64.1 cm³/mol. The summed E-state index contributed by atoms with van der Waals surface area (Å²) in [4.78, 5) is 10.9. The van der Waals surface area contributed by atoms with E-state index in [9.17, 15) is 4.79 Å². The van der Waals surface area contributed by atoms with E-state index in [2.05, 4.69) is 17.2 Å². The van der Waals surface area contributed by atoms with Crippen LogP contribution in [0.2, 0.25) is 0 Å². The molecule has 2 N–H and O–H groups in total. The van der Waals surface area contributed by atoms with Crippen molar-refractivity contribution in [3.63, 3.8) is 0 Å². The molecule has 0 spiro atoms. The van der Waals surface area contributed by atoms with Crippen molar-refractivity contribution in [3.05, 3.63) is 29.3 Å². The molecule has 1 aromatic carbocycles. The van der Waals surface area contributed by atoms with Gasteiger partial charge in [0.05, 0.1) is 6.61 Å². The highest BCUT2D eigenvalue weighted by molar-refractivity contribution is 5.89. The highest BCUT2D eigenvalue weighted by Crippen LogP contribution is 2.15. The average Bonchev–Trinajstić information content (AvgIpc) is 2.22. The lowest BCUT2D eigenvalue weighted by atomic mass is 10.1. The summed E-state index contributed by atoms with van der Waals surface area (Å²) in [5, 5.41) is 11.3. The van der Waals surface area contributed by atoms with Gasteiger partial charge in [-0.05, 0) is 30.7 Å². The van der Waals surface area contributed by atoms with Gasteiger partial charge in [0.1, 0.15) is 0 Å². The Kier molecular flexibility index (Phi) is 4.56. The molecule has 0 aliphatic heterocycles. The van der Waals surface area contributed by atoms with E-state index in [4.69, 9.17) is 5.11 Å². The molecule has 0 saturated heterocycles. The number of aryl methyl sites for hydroxylation is 1. The van der Waals surface area contributed by atoms with Crippen LogP contribution in [0.4, 0.5) is 5.69 Å². The largest absolute Gasteiger partial charge is 0.395 e. The summed E-state index contributed by atoms with van der Waals surface area (Å²) < 4.78 is 0. The van der Waals surface area contributed by atoms with E-state index >= 15 is 0 Å². The fourth-order valence-electron chi connectivity index (χ4n) is 1.29. The van der Waals surface area contributed by atoms with E-state index in [-0.39, 0.29) is 12.5 Å². The molecular formula is C13H15NO2. The number of carbonyl (C=O) groups is 1. The number of hydrogen-bond donors (Lipinski definition) is 2. The van der Waals surface area contributed by atoms with E-state index < -0.39 is 0 Å². The van der Waals surface area contributed by atoms with Gasteiger partial charge in [0, 0.05) is 24.6 Å². The summed E-state index contributed by atoms with van der Waals surface area (Å²) in [5.41, 5.74) is 2.67. The third-order valence-corrected chi connectivity index (χ3v) is 2.01. The Balaban J connectivity index is 2.83. The lowest BCUT2D eigenvalue weighted by Crippen LogP contribution is -2.06. The van der Waals surface area contributed by atoms with Gasteiger partial charge < -0.3 is 10.4 Å². The first-order valence-electron chi connectivity index (χ1n) is 5.11. The second-order valence-corrected chi connectivity index (χ2v) is 3.49. The topological polar surface area (TPSA) is 49.3 Å². The summed E-state index contributed by atoms with van der Waals surface area (Å²) in [6, 6.07) is 5.60. The Morgan fingerprint density at radius 2 is 2.25 bits per heavy atom. The molecular weight excluding hydrogens is 202 g/mol. The summed E-state index contributed by atoms with van der Waals surface area (Å²) in [6.07, 6.45) is 0.479. The number of carbonyl (C=O) groups excluding carboxylic acids is 1. The van der Waals surface area contributed by atoms with Crippen molar-refractivity contribution in [2.24, 2.45) is 0 Å². The monoisotopic (exact) mass is 217 g/mol. The number of anilines is 1. The zero-order chi connectivity index (χ0) is 12.0. The van der Waals surface area contributed by atoms with Crippen LogP contribution in [0.25, 0.3) is 0 Å². The Morgan fingerprint density at radius 1 is 1.50 bits per heavy atom. The van der Waals surface area contributed by atoms with Crippen molar-refractivity contribution in [1.29, 1.82) is 0 Å². The minimum atomic E-state index is -0.0813. The SMILES string of the molecule is CC(=O)Nc1ccc(C#CCCO)cc1C. The quantitative estimate of drug-likeness (QED) is 0.740. The van der Waals surface area contributed by atoms with Crippen LogP contribution < -0.4 is 5.32 Å². The predicted octanol–water partition coefficient (Wildman–Crippen LogP) is 1.69. The molecule has 0 fully saturated rings. The summed E-state index contributed by atoms with van der Waals surface area (Å²) >= 11 is 0. The van der Waals surface area contributed by atoms with Gasteiger partial charge in [-0.2, -0.15) is 0 Å². The Hall–Kier alpha value is -1.79. The molecule has 3 heteroatoms. The molecule has 16 heavy (non-hydrogen) atoms. The average molecular weight is 217 g/mol. The molecule has 0 radical (unpaired) electrons. The summed E-state index contributed by atoms with van der Waals surface area (Å²) in [7, 11) is 0. The maximum absolute atomic E-state index is 10.9. The van der Waals surface area contributed by atoms with Crippen LogP contribution in [-0.4, -0.2) is 17.6 Å². The zero-order valence-electron chi connectivity index (χ0n) is 9.50. The molecule has 0 heterocycles. The van der Waals surface area contributed by atoms with Gasteiger partial charge in [-0.15, -0.1) is 0 Å². The first kappa shape index (κ1) is 12.3. The molecule has 0 aliphatic rings. The third kappa shape index (κ3) is 3.76. The van der Waals surface area contributed by atoms with Crippen molar-refractivity contribution >= 4 is 11.6 Å². The molecule has 0 atom stereocenters. The lowest BCUT2D eigenvalue weighted by Gasteiger charge is -2.06. The van der Waals surface area contributed by atoms with Gasteiger partial charge >= 0.3 is 0 Å². The zero-order valence-corrected chi connectivity index (χ0v) is 9.50. The standard InChI is InChI=1S/C13H15NO2/c1-10-9-12(5-3-4-8-15)6-7-13(10)14-11(2)16/h6-7,9,15H,4,8H2,1-2H3,(H,14,16). The molecule has 0 unspecified atom stereocenters. The van der Waals surface area contributed by atoms with Crippen LogP contribution in [0.3, 0.4) is 0 Å². The molecule has 1 rings (SSSR count). The third-order valence-electron chi connectivity index (χ3n) is 2.01. The van der Waals surface area contributed by atoms with Crippen LogP contribution in [-0.2, 0) is 4.79 Å². The maximum atomic E-state index is 10.9. The van der Waals surface area contributed by atoms with Gasteiger partial charge in [-0.3, -0.25) is 4.79 Å². The van der Waals surface area contributed by atoms with Gasteiger partial charge in [0.2, 0.25) is 5.91 Å². The van der Waals surface area contributed by atoms with Crippen LogP contribution in [0.15, 0.2) is 18.2 Å². The number of aliphatic hydroxyl groups excluding tert-OH is 1. The second kappa shape index (κ2) is 5.94. The van der Waals surface area contributed by atoms with Crippen LogP contribution in [0.1, 0.15) is 24.5 Å². The molecule has 1 aromatic rings. The van der Waals surface area contributed by atoms with E-state index in [0.717, 1.165) is 16.8 Å². The molecule has 0 bridgehead atoms. The van der Waals surface area contributed by atoms with Crippen molar-refractivity contribution in [3.8, 4) is 11.8 Å². The lowest BCUT2D eigenvalue weighted by molar-refractivity contribution is -0.114. The van der Waals surface area contributed by atoms with Crippen LogP contribution >= 0.6 is 0 Å². The normalized spacial score (nSPS) is 9.19.